The monoisotopic (exact) mass is 593 g/mol. The fraction of sp³-hybridized carbons (Fsp3) is 0. The molecule has 44 heavy (non-hydrogen) atoms. The molecule has 0 N–H and O–H groups in total. The van der Waals surface area contributed by atoms with Crippen molar-refractivity contribution in [2.24, 2.45) is 0 Å². The van der Waals surface area contributed by atoms with Gasteiger partial charge < -0.3 is 0 Å². The van der Waals surface area contributed by atoms with Gasteiger partial charge in [0.2, 0.25) is 0 Å². The molecule has 202 valence electrons. The fourth-order valence-electron chi connectivity index (χ4n) is 6.27. The van der Waals surface area contributed by atoms with Gasteiger partial charge in [0.25, 0.3) is 0 Å². The summed E-state index contributed by atoms with van der Waals surface area (Å²) in [5, 5.41) is 35.7. The molecule has 0 aliphatic carbocycles. The van der Waals surface area contributed by atoms with E-state index in [4.69, 9.17) is 0 Å². The van der Waals surface area contributed by atoms with Crippen LogP contribution in [0.2, 0.25) is 0 Å². The Morgan fingerprint density at radius 2 is 1.05 bits per heavy atom. The minimum absolute atomic E-state index is 0.364. The Hall–Kier alpha value is -5.77. The van der Waals surface area contributed by atoms with Gasteiger partial charge in [0, 0.05) is 57.0 Å². The number of rotatable bonds is 3. The van der Waals surface area contributed by atoms with Gasteiger partial charge in [0.05, 0.1) is 28.8 Å². The zero-order chi connectivity index (χ0) is 29.8. The molecule has 0 aliphatic heterocycles. The highest BCUT2D eigenvalue weighted by molar-refractivity contribution is 7.26. The van der Waals surface area contributed by atoms with Crippen molar-refractivity contribution in [2.75, 3.05) is 0 Å². The molecule has 0 aliphatic rings. The van der Waals surface area contributed by atoms with Crippen molar-refractivity contribution in [2.45, 2.75) is 0 Å². The average molecular weight is 594 g/mol. The lowest BCUT2D eigenvalue weighted by Gasteiger charge is -2.17. The van der Waals surface area contributed by atoms with E-state index in [-0.39, 0.29) is 0 Å². The fourth-order valence-corrected chi connectivity index (χ4v) is 8.55. The van der Waals surface area contributed by atoms with Gasteiger partial charge in [-0.15, -0.1) is 22.7 Å². The molecule has 8 aromatic rings. The zero-order valence-electron chi connectivity index (χ0n) is 23.1. The molecule has 8 rings (SSSR count). The van der Waals surface area contributed by atoms with Crippen LogP contribution in [-0.2, 0) is 0 Å². The number of benzene rings is 6. The summed E-state index contributed by atoms with van der Waals surface area (Å²) in [6.45, 7) is 0. The first-order chi connectivity index (χ1) is 21.7. The lowest BCUT2D eigenvalue weighted by molar-refractivity contribution is 1.42. The van der Waals surface area contributed by atoms with E-state index in [0.717, 1.165) is 37.7 Å². The molecule has 0 saturated heterocycles. The van der Waals surface area contributed by atoms with Crippen LogP contribution in [0.15, 0.2) is 115 Å². The quantitative estimate of drug-likeness (QED) is 0.205. The first kappa shape index (κ1) is 25.9. The maximum absolute atomic E-state index is 10.8. The Labute approximate surface area is 261 Å². The van der Waals surface area contributed by atoms with Gasteiger partial charge in [-0.05, 0) is 65.2 Å². The highest BCUT2D eigenvalue weighted by atomic mass is 32.1. The van der Waals surface area contributed by atoms with Gasteiger partial charge in [0.15, 0.2) is 0 Å². The predicted octanol–water partition coefficient (Wildman–Crippen LogP) is 11.0. The number of nitrogens with zero attached hydrogens (tertiary/aromatic N) is 3. The predicted molar refractivity (Wildman–Crippen MR) is 183 cm³/mol. The van der Waals surface area contributed by atoms with Gasteiger partial charge in [-0.2, -0.15) is 15.8 Å². The highest BCUT2D eigenvalue weighted by Crippen LogP contribution is 2.45. The molecule has 5 heteroatoms. The van der Waals surface area contributed by atoms with Crippen LogP contribution in [0.3, 0.4) is 0 Å². The summed E-state index contributed by atoms with van der Waals surface area (Å²) in [7, 11) is 0. The van der Waals surface area contributed by atoms with Crippen LogP contribution >= 0.6 is 22.7 Å². The van der Waals surface area contributed by atoms with Gasteiger partial charge in [-0.3, -0.25) is 0 Å². The number of fused-ring (bicyclic) bond motifs is 6. The molecule has 0 bridgehead atoms. The van der Waals surface area contributed by atoms with E-state index in [2.05, 4.69) is 91.0 Å². The first-order valence-corrected chi connectivity index (χ1v) is 15.7. The Kier molecular flexibility index (Phi) is 6.00. The van der Waals surface area contributed by atoms with Crippen LogP contribution in [0.1, 0.15) is 16.7 Å². The molecule has 0 radical (unpaired) electrons. The van der Waals surface area contributed by atoms with Gasteiger partial charge in [-0.25, -0.2) is 0 Å². The van der Waals surface area contributed by atoms with E-state index >= 15 is 0 Å². The molecule has 0 saturated carbocycles. The van der Waals surface area contributed by atoms with E-state index in [0.29, 0.717) is 27.8 Å². The Bertz CT molecular complexity index is 2570. The van der Waals surface area contributed by atoms with Crippen LogP contribution in [-0.4, -0.2) is 0 Å². The molecule has 2 aromatic heterocycles. The molecule has 0 atom stereocenters. The summed E-state index contributed by atoms with van der Waals surface area (Å²) in [4.78, 5) is 0. The Morgan fingerprint density at radius 3 is 1.80 bits per heavy atom. The van der Waals surface area contributed by atoms with Crippen LogP contribution in [0.5, 0.6) is 0 Å². The van der Waals surface area contributed by atoms with Crippen LogP contribution < -0.4 is 0 Å². The van der Waals surface area contributed by atoms with Crippen LogP contribution in [0.4, 0.5) is 0 Å². The second kappa shape index (κ2) is 10.2. The number of nitriles is 3. The number of hydrogen-bond donors (Lipinski definition) is 0. The van der Waals surface area contributed by atoms with E-state index in [1.807, 2.05) is 24.3 Å². The maximum atomic E-state index is 10.8. The van der Waals surface area contributed by atoms with Crippen LogP contribution in [0.25, 0.3) is 73.7 Å². The number of hydrogen-bond acceptors (Lipinski definition) is 5. The third-order valence-electron chi connectivity index (χ3n) is 8.23. The van der Waals surface area contributed by atoms with Crippen molar-refractivity contribution < 1.29 is 0 Å². The van der Waals surface area contributed by atoms with Crippen molar-refractivity contribution in [3.8, 4) is 51.6 Å². The molecule has 0 fully saturated rings. The summed E-state index contributed by atoms with van der Waals surface area (Å²) < 4.78 is 4.73. The minimum atomic E-state index is 0.364. The van der Waals surface area contributed by atoms with E-state index in [9.17, 15) is 15.8 Å². The molecule has 0 amide bonds. The topological polar surface area (TPSA) is 71.4 Å². The molecule has 2 heterocycles. The van der Waals surface area contributed by atoms with Gasteiger partial charge in [-0.1, -0.05) is 66.7 Å². The van der Waals surface area contributed by atoms with Crippen molar-refractivity contribution in [3.05, 3.63) is 132 Å². The molecule has 0 spiro atoms. The standard InChI is InChI=1S/C39H19N3S2/c40-20-24-7-5-8-25(21-41)38(24)32-18-26(23-15-16-28-27-9-1-3-12-34(27)44-37(28)19-23)17-31(33(32)22-42)29-11-6-14-36-39(29)30-10-2-4-13-35(30)43-36/h1-19H. The normalized spacial score (nSPS) is 11.1. The van der Waals surface area contributed by atoms with Gasteiger partial charge in [0.1, 0.15) is 6.07 Å². The van der Waals surface area contributed by atoms with Crippen molar-refractivity contribution in [1.29, 1.82) is 15.8 Å². The first-order valence-electron chi connectivity index (χ1n) is 14.0. The summed E-state index contributed by atoms with van der Waals surface area (Å²) in [6.07, 6.45) is 0. The lowest BCUT2D eigenvalue weighted by atomic mass is 9.84. The Balaban J connectivity index is 1.49. The summed E-state index contributed by atoms with van der Waals surface area (Å²) >= 11 is 3.49. The summed E-state index contributed by atoms with van der Waals surface area (Å²) in [5.74, 6) is 0. The second-order valence-electron chi connectivity index (χ2n) is 10.6. The van der Waals surface area contributed by atoms with E-state index < -0.39 is 0 Å². The van der Waals surface area contributed by atoms with Crippen molar-refractivity contribution in [3.63, 3.8) is 0 Å². The SMILES string of the molecule is N#Cc1cccc(C#N)c1-c1cc(-c2ccc3c(c2)sc2ccccc23)cc(-c2cccc3sc4ccccc4c23)c1C#N. The highest BCUT2D eigenvalue weighted by Gasteiger charge is 2.22. The molecular formula is C39H19N3S2. The average Bonchev–Trinajstić information content (AvgIpc) is 3.65. The third kappa shape index (κ3) is 3.91. The Morgan fingerprint density at radius 1 is 0.432 bits per heavy atom. The smallest absolute Gasteiger partial charge is 0.100 e. The third-order valence-corrected chi connectivity index (χ3v) is 10.5. The van der Waals surface area contributed by atoms with E-state index in [1.54, 1.807) is 40.9 Å². The maximum Gasteiger partial charge on any atom is 0.100 e. The summed E-state index contributed by atoms with van der Waals surface area (Å²) in [6, 6.07) is 45.7. The van der Waals surface area contributed by atoms with Crippen LogP contribution in [0, 0.1) is 34.0 Å². The summed E-state index contributed by atoms with van der Waals surface area (Å²) in [5.41, 5.74) is 5.90. The second-order valence-corrected chi connectivity index (χ2v) is 12.8. The molecular weight excluding hydrogens is 575 g/mol. The van der Waals surface area contributed by atoms with Gasteiger partial charge >= 0.3 is 0 Å². The minimum Gasteiger partial charge on any atom is -0.192 e. The zero-order valence-corrected chi connectivity index (χ0v) is 24.8. The molecule has 0 unspecified atom stereocenters. The van der Waals surface area contributed by atoms with Crippen molar-refractivity contribution >= 4 is 63.0 Å². The van der Waals surface area contributed by atoms with E-state index in [1.165, 1.54) is 24.9 Å². The number of thiophene rings is 2. The lowest BCUT2D eigenvalue weighted by Crippen LogP contribution is -1.97. The van der Waals surface area contributed by atoms with Crippen molar-refractivity contribution in [1.82, 2.24) is 0 Å². The largest absolute Gasteiger partial charge is 0.192 e. The molecule has 3 nitrogen and oxygen atoms in total. The molecule has 6 aromatic carbocycles.